The summed E-state index contributed by atoms with van der Waals surface area (Å²) in [7, 11) is 5.96. The third kappa shape index (κ3) is 3.57. The summed E-state index contributed by atoms with van der Waals surface area (Å²) < 4.78 is 21.6. The quantitative estimate of drug-likeness (QED) is 0.603. The molecule has 2 rings (SSSR count). The number of aromatic nitrogens is 2. The van der Waals surface area contributed by atoms with Crippen molar-refractivity contribution in [1.29, 1.82) is 0 Å². The summed E-state index contributed by atoms with van der Waals surface area (Å²) in [6.07, 6.45) is 2.65. The van der Waals surface area contributed by atoms with E-state index in [0.29, 0.717) is 28.6 Å². The van der Waals surface area contributed by atoms with Crippen molar-refractivity contribution in [2.45, 2.75) is 0 Å². The lowest BCUT2D eigenvalue weighted by atomic mass is 10.2. The molecule has 1 heterocycles. The maximum Gasteiger partial charge on any atom is 0.233 e. The summed E-state index contributed by atoms with van der Waals surface area (Å²) in [5.74, 6) is 2.16. The van der Waals surface area contributed by atoms with Gasteiger partial charge in [-0.3, -0.25) is 0 Å². The normalized spacial score (nSPS) is 10.5. The summed E-state index contributed by atoms with van der Waals surface area (Å²) in [5.41, 5.74) is 6.21. The second-order valence-corrected chi connectivity index (χ2v) is 4.36. The number of nitrogens with zero attached hydrogens (tertiary/aromatic N) is 3. The molecule has 0 bridgehead atoms. The Morgan fingerprint density at radius 1 is 1.00 bits per heavy atom. The highest BCUT2D eigenvalue weighted by molar-refractivity contribution is 5.88. The van der Waals surface area contributed by atoms with Crippen LogP contribution in [0.5, 0.6) is 28.9 Å². The van der Waals surface area contributed by atoms with Gasteiger partial charge in [0.1, 0.15) is 30.6 Å². The standard InChI is InChI=1S/C15H18N4O5/c1-20-11-5-9(6-12(21-2)13(11)22-3)24-15-10(7-19-23-4)14(16)17-8-18-15/h5-8H,1-4H3,(H2,16,17,18)/b19-7+. The number of ether oxygens (including phenoxy) is 4. The maximum absolute atomic E-state index is 5.83. The van der Waals surface area contributed by atoms with E-state index in [1.165, 1.54) is 41.0 Å². The van der Waals surface area contributed by atoms with E-state index in [2.05, 4.69) is 20.0 Å². The molecule has 0 saturated carbocycles. The van der Waals surface area contributed by atoms with E-state index < -0.39 is 0 Å². The summed E-state index contributed by atoms with van der Waals surface area (Å²) in [4.78, 5) is 12.6. The van der Waals surface area contributed by atoms with Gasteiger partial charge in [-0.1, -0.05) is 5.16 Å². The van der Waals surface area contributed by atoms with Crippen molar-refractivity contribution < 1.29 is 23.8 Å². The van der Waals surface area contributed by atoms with Crippen LogP contribution in [0.15, 0.2) is 23.6 Å². The highest BCUT2D eigenvalue weighted by Gasteiger charge is 2.16. The van der Waals surface area contributed by atoms with Crippen LogP contribution in [-0.4, -0.2) is 44.6 Å². The van der Waals surface area contributed by atoms with Gasteiger partial charge in [0, 0.05) is 12.1 Å². The van der Waals surface area contributed by atoms with Crippen LogP contribution in [0.4, 0.5) is 5.82 Å². The fourth-order valence-corrected chi connectivity index (χ4v) is 1.93. The van der Waals surface area contributed by atoms with Crippen LogP contribution >= 0.6 is 0 Å². The number of nitrogen functional groups attached to an aromatic ring is 1. The molecular weight excluding hydrogens is 316 g/mol. The summed E-state index contributed by atoms with van der Waals surface area (Å²) in [6, 6.07) is 3.27. The second kappa shape index (κ2) is 7.86. The lowest BCUT2D eigenvalue weighted by molar-refractivity contribution is 0.215. The minimum Gasteiger partial charge on any atom is -0.493 e. The molecule has 1 aromatic carbocycles. The molecule has 9 nitrogen and oxygen atoms in total. The van der Waals surface area contributed by atoms with Gasteiger partial charge in [-0.15, -0.1) is 0 Å². The maximum atomic E-state index is 5.83. The Morgan fingerprint density at radius 3 is 2.21 bits per heavy atom. The third-order valence-electron chi connectivity index (χ3n) is 3.02. The largest absolute Gasteiger partial charge is 0.493 e. The highest BCUT2D eigenvalue weighted by Crippen LogP contribution is 2.42. The lowest BCUT2D eigenvalue weighted by Crippen LogP contribution is -2.03. The van der Waals surface area contributed by atoms with Crippen LogP contribution in [0.3, 0.4) is 0 Å². The minimum atomic E-state index is 0.202. The van der Waals surface area contributed by atoms with Crippen molar-refractivity contribution in [2.75, 3.05) is 34.2 Å². The molecule has 0 amide bonds. The number of benzene rings is 1. The molecule has 0 spiro atoms. The Morgan fingerprint density at radius 2 is 1.67 bits per heavy atom. The Hall–Kier alpha value is -3.23. The van der Waals surface area contributed by atoms with Gasteiger partial charge in [-0.2, -0.15) is 0 Å². The van der Waals surface area contributed by atoms with Gasteiger partial charge in [0.05, 0.1) is 27.5 Å². The van der Waals surface area contributed by atoms with E-state index in [1.807, 2.05) is 0 Å². The molecule has 24 heavy (non-hydrogen) atoms. The van der Waals surface area contributed by atoms with Crippen LogP contribution in [0.2, 0.25) is 0 Å². The highest BCUT2D eigenvalue weighted by atomic mass is 16.6. The van der Waals surface area contributed by atoms with E-state index >= 15 is 0 Å². The van der Waals surface area contributed by atoms with Crippen molar-refractivity contribution in [3.8, 4) is 28.9 Å². The SMILES string of the molecule is CO/N=C/c1c(N)ncnc1Oc1cc(OC)c(OC)c(OC)c1. The van der Waals surface area contributed by atoms with Gasteiger partial charge < -0.3 is 29.5 Å². The fourth-order valence-electron chi connectivity index (χ4n) is 1.93. The molecule has 0 aliphatic rings. The molecule has 0 radical (unpaired) electrons. The Balaban J connectivity index is 2.45. The zero-order valence-electron chi connectivity index (χ0n) is 13.8. The lowest BCUT2D eigenvalue weighted by Gasteiger charge is -2.15. The van der Waals surface area contributed by atoms with Crippen molar-refractivity contribution in [3.05, 3.63) is 24.0 Å². The first-order valence-electron chi connectivity index (χ1n) is 6.79. The molecule has 0 saturated heterocycles. The van der Waals surface area contributed by atoms with Gasteiger partial charge in [-0.25, -0.2) is 9.97 Å². The predicted molar refractivity (Wildman–Crippen MR) is 87.2 cm³/mol. The van der Waals surface area contributed by atoms with Gasteiger partial charge in [0.2, 0.25) is 11.6 Å². The Labute approximate surface area is 139 Å². The van der Waals surface area contributed by atoms with Crippen LogP contribution in [-0.2, 0) is 4.84 Å². The number of hydrogen-bond donors (Lipinski definition) is 1. The van der Waals surface area contributed by atoms with Crippen LogP contribution in [0.25, 0.3) is 0 Å². The average molecular weight is 334 g/mol. The van der Waals surface area contributed by atoms with Gasteiger partial charge in [-0.05, 0) is 0 Å². The fraction of sp³-hybridized carbons (Fsp3) is 0.267. The topological polar surface area (TPSA) is 110 Å². The smallest absolute Gasteiger partial charge is 0.233 e. The number of nitrogens with two attached hydrogens (primary N) is 1. The Bertz CT molecular complexity index is 711. The Kier molecular flexibility index (Phi) is 5.61. The van der Waals surface area contributed by atoms with Crippen LogP contribution in [0.1, 0.15) is 5.56 Å². The second-order valence-electron chi connectivity index (χ2n) is 4.36. The number of hydrogen-bond acceptors (Lipinski definition) is 9. The number of rotatable bonds is 7. The van der Waals surface area contributed by atoms with E-state index in [-0.39, 0.29) is 11.7 Å². The number of methoxy groups -OCH3 is 3. The summed E-state index contributed by atoms with van der Waals surface area (Å²) >= 11 is 0. The van der Waals surface area contributed by atoms with E-state index in [4.69, 9.17) is 24.7 Å². The van der Waals surface area contributed by atoms with Crippen LogP contribution < -0.4 is 24.7 Å². The molecule has 0 fully saturated rings. The molecule has 0 aliphatic carbocycles. The summed E-state index contributed by atoms with van der Waals surface area (Å²) in [6.45, 7) is 0. The molecule has 128 valence electrons. The molecule has 2 aromatic rings. The molecule has 0 aliphatic heterocycles. The van der Waals surface area contributed by atoms with E-state index in [0.717, 1.165) is 0 Å². The van der Waals surface area contributed by atoms with Crippen molar-refractivity contribution in [3.63, 3.8) is 0 Å². The molecule has 9 heteroatoms. The van der Waals surface area contributed by atoms with Crippen LogP contribution in [0, 0.1) is 0 Å². The molecule has 0 unspecified atom stereocenters. The molecule has 2 N–H and O–H groups in total. The zero-order valence-corrected chi connectivity index (χ0v) is 13.8. The minimum absolute atomic E-state index is 0.202. The monoisotopic (exact) mass is 334 g/mol. The van der Waals surface area contributed by atoms with Crippen molar-refractivity contribution >= 4 is 12.0 Å². The first-order valence-corrected chi connectivity index (χ1v) is 6.79. The predicted octanol–water partition coefficient (Wildman–Crippen LogP) is 1.86. The van der Waals surface area contributed by atoms with Crippen molar-refractivity contribution in [2.24, 2.45) is 5.16 Å². The first kappa shape index (κ1) is 17.1. The van der Waals surface area contributed by atoms with Gasteiger partial charge in [0.25, 0.3) is 0 Å². The third-order valence-corrected chi connectivity index (χ3v) is 3.02. The zero-order chi connectivity index (χ0) is 17.5. The average Bonchev–Trinajstić information content (AvgIpc) is 2.60. The molecular formula is C15H18N4O5. The summed E-state index contributed by atoms with van der Waals surface area (Å²) in [5, 5.41) is 3.67. The van der Waals surface area contributed by atoms with Crippen molar-refractivity contribution in [1.82, 2.24) is 9.97 Å². The number of oxime groups is 1. The van der Waals surface area contributed by atoms with Gasteiger partial charge in [0.15, 0.2) is 11.5 Å². The van der Waals surface area contributed by atoms with E-state index in [9.17, 15) is 0 Å². The van der Waals surface area contributed by atoms with E-state index in [1.54, 1.807) is 12.1 Å². The van der Waals surface area contributed by atoms with Gasteiger partial charge >= 0.3 is 0 Å². The first-order chi connectivity index (χ1) is 11.6. The molecule has 0 atom stereocenters. The number of anilines is 1. The molecule has 1 aromatic heterocycles.